The molecule has 0 saturated heterocycles. The summed E-state index contributed by atoms with van der Waals surface area (Å²) in [4.78, 5) is 30.0. The van der Waals surface area contributed by atoms with Crippen molar-refractivity contribution in [3.8, 4) is 0 Å². The molecule has 0 atom stereocenters. The SMILES string of the molecule is O=C(/C=C/c1ccccc1Cl)N(CCN(C(=O)/C=C/c1ccccc1Cl)c1ccccc1)c1ccccc1. The molecule has 38 heavy (non-hydrogen) atoms. The lowest BCUT2D eigenvalue weighted by Crippen LogP contribution is -2.40. The first-order chi connectivity index (χ1) is 18.5. The Kier molecular flexibility index (Phi) is 9.52. The maximum absolute atomic E-state index is 13.4. The van der Waals surface area contributed by atoms with Gasteiger partial charge in [-0.3, -0.25) is 9.59 Å². The van der Waals surface area contributed by atoms with Gasteiger partial charge in [0.05, 0.1) is 0 Å². The number of nitrogens with zero attached hydrogens (tertiary/aromatic N) is 2. The molecule has 0 heterocycles. The van der Waals surface area contributed by atoms with Crippen LogP contribution in [0.25, 0.3) is 12.2 Å². The Hall–Kier alpha value is -4.12. The fourth-order valence-corrected chi connectivity index (χ4v) is 4.27. The Morgan fingerprint density at radius 2 is 0.868 bits per heavy atom. The zero-order valence-corrected chi connectivity index (χ0v) is 22.1. The minimum absolute atomic E-state index is 0.219. The van der Waals surface area contributed by atoms with E-state index in [1.807, 2.05) is 97.1 Å². The van der Waals surface area contributed by atoms with Crippen LogP contribution in [0.5, 0.6) is 0 Å². The van der Waals surface area contributed by atoms with Gasteiger partial charge in [0.1, 0.15) is 0 Å². The van der Waals surface area contributed by atoms with Gasteiger partial charge in [0, 0.05) is 46.7 Å². The van der Waals surface area contributed by atoms with Crippen LogP contribution >= 0.6 is 23.2 Å². The average molecular weight is 541 g/mol. The number of hydrogen-bond acceptors (Lipinski definition) is 2. The highest BCUT2D eigenvalue weighted by Gasteiger charge is 2.19. The molecule has 0 radical (unpaired) electrons. The quantitative estimate of drug-likeness (QED) is 0.203. The molecule has 4 nitrogen and oxygen atoms in total. The molecule has 0 N–H and O–H groups in total. The first kappa shape index (κ1) is 26.9. The number of carbonyl (C=O) groups excluding carboxylic acids is 2. The summed E-state index contributed by atoms with van der Waals surface area (Å²) in [5.74, 6) is -0.439. The number of rotatable bonds is 9. The van der Waals surface area contributed by atoms with Crippen LogP contribution in [0.3, 0.4) is 0 Å². The third-order valence-electron chi connectivity index (χ3n) is 5.84. The van der Waals surface area contributed by atoms with Crippen LogP contribution in [0.15, 0.2) is 121 Å². The van der Waals surface area contributed by atoms with Crippen molar-refractivity contribution in [1.82, 2.24) is 0 Å². The zero-order chi connectivity index (χ0) is 26.7. The predicted octanol–water partition coefficient (Wildman–Crippen LogP) is 7.79. The molecule has 4 aromatic carbocycles. The maximum Gasteiger partial charge on any atom is 0.251 e. The smallest absolute Gasteiger partial charge is 0.251 e. The van der Waals surface area contributed by atoms with Gasteiger partial charge in [0.15, 0.2) is 0 Å². The summed E-state index contributed by atoms with van der Waals surface area (Å²) in [6, 6.07) is 33.4. The third kappa shape index (κ3) is 7.22. The van der Waals surface area contributed by atoms with Crippen LogP contribution in [0, 0.1) is 0 Å². The summed E-state index contributed by atoms with van der Waals surface area (Å²) >= 11 is 12.5. The molecular weight excluding hydrogens is 515 g/mol. The minimum Gasteiger partial charge on any atom is -0.307 e. The third-order valence-corrected chi connectivity index (χ3v) is 6.52. The van der Waals surface area contributed by atoms with Crippen molar-refractivity contribution in [2.24, 2.45) is 0 Å². The molecule has 4 aromatic rings. The van der Waals surface area contributed by atoms with E-state index in [9.17, 15) is 9.59 Å². The van der Waals surface area contributed by atoms with Gasteiger partial charge in [-0.25, -0.2) is 0 Å². The van der Waals surface area contributed by atoms with Gasteiger partial charge in [0.2, 0.25) is 0 Å². The zero-order valence-electron chi connectivity index (χ0n) is 20.6. The van der Waals surface area contributed by atoms with Crippen molar-refractivity contribution in [1.29, 1.82) is 0 Å². The van der Waals surface area contributed by atoms with Gasteiger partial charge >= 0.3 is 0 Å². The Labute approximate surface area is 233 Å². The molecule has 6 heteroatoms. The van der Waals surface area contributed by atoms with Gasteiger partial charge in [-0.15, -0.1) is 0 Å². The number of para-hydroxylation sites is 2. The van der Waals surface area contributed by atoms with E-state index < -0.39 is 0 Å². The van der Waals surface area contributed by atoms with E-state index >= 15 is 0 Å². The van der Waals surface area contributed by atoms with Gasteiger partial charge < -0.3 is 9.80 Å². The maximum atomic E-state index is 13.4. The van der Waals surface area contributed by atoms with E-state index in [1.165, 1.54) is 12.2 Å². The standard InChI is InChI=1S/C32H26Cl2N2O2/c33-29-17-9-7-11-25(29)19-21-31(37)35(27-13-3-1-4-14-27)23-24-36(28-15-5-2-6-16-28)32(38)22-20-26-12-8-10-18-30(26)34/h1-22H,23-24H2/b21-19+,22-20+. The monoisotopic (exact) mass is 540 g/mol. The summed E-state index contributed by atoms with van der Waals surface area (Å²) < 4.78 is 0. The predicted molar refractivity (Wildman–Crippen MR) is 159 cm³/mol. The fraction of sp³-hybridized carbons (Fsp3) is 0.0625. The summed E-state index contributed by atoms with van der Waals surface area (Å²) in [5, 5.41) is 1.13. The van der Waals surface area contributed by atoms with Crippen LogP contribution in [-0.4, -0.2) is 24.9 Å². The molecule has 0 aliphatic rings. The number of carbonyl (C=O) groups is 2. The number of hydrogen-bond donors (Lipinski definition) is 0. The molecule has 190 valence electrons. The molecule has 0 saturated carbocycles. The Bertz CT molecular complexity index is 1330. The van der Waals surface area contributed by atoms with E-state index in [4.69, 9.17) is 23.2 Å². The number of benzene rings is 4. The van der Waals surface area contributed by atoms with Crippen molar-refractivity contribution < 1.29 is 9.59 Å². The van der Waals surface area contributed by atoms with Gasteiger partial charge in [0.25, 0.3) is 11.8 Å². The van der Waals surface area contributed by atoms with Crippen LogP contribution in [-0.2, 0) is 9.59 Å². The first-order valence-corrected chi connectivity index (χ1v) is 12.9. The van der Waals surface area contributed by atoms with E-state index in [0.29, 0.717) is 10.0 Å². The first-order valence-electron chi connectivity index (χ1n) is 12.1. The summed E-state index contributed by atoms with van der Waals surface area (Å²) in [7, 11) is 0. The lowest BCUT2D eigenvalue weighted by Gasteiger charge is -2.27. The van der Waals surface area contributed by atoms with Crippen LogP contribution < -0.4 is 9.80 Å². The molecular formula is C32H26Cl2N2O2. The van der Waals surface area contributed by atoms with Crippen molar-refractivity contribution in [2.75, 3.05) is 22.9 Å². The normalized spacial score (nSPS) is 11.1. The second-order valence-electron chi connectivity index (χ2n) is 8.36. The largest absolute Gasteiger partial charge is 0.307 e. The minimum atomic E-state index is -0.219. The number of halogens is 2. The summed E-state index contributed by atoms with van der Waals surface area (Å²) in [5.41, 5.74) is 2.96. The van der Waals surface area contributed by atoms with Crippen molar-refractivity contribution >= 4 is 58.5 Å². The Morgan fingerprint density at radius 3 is 1.24 bits per heavy atom. The molecule has 0 aliphatic carbocycles. The topological polar surface area (TPSA) is 40.6 Å². The van der Waals surface area contributed by atoms with Crippen molar-refractivity contribution in [3.63, 3.8) is 0 Å². The average Bonchev–Trinajstić information content (AvgIpc) is 2.95. The highest BCUT2D eigenvalue weighted by atomic mass is 35.5. The Morgan fingerprint density at radius 1 is 0.526 bits per heavy atom. The molecule has 0 aliphatic heterocycles. The van der Waals surface area contributed by atoms with Gasteiger partial charge in [-0.1, -0.05) is 96.0 Å². The summed E-state index contributed by atoms with van der Waals surface area (Å²) in [6.07, 6.45) is 6.40. The molecule has 4 rings (SSSR count). The second-order valence-corrected chi connectivity index (χ2v) is 9.17. The molecule has 2 amide bonds. The van der Waals surface area contributed by atoms with Crippen LogP contribution in [0.4, 0.5) is 11.4 Å². The lowest BCUT2D eigenvalue weighted by atomic mass is 10.2. The van der Waals surface area contributed by atoms with Gasteiger partial charge in [-0.2, -0.15) is 0 Å². The van der Waals surface area contributed by atoms with Crippen molar-refractivity contribution in [3.05, 3.63) is 143 Å². The highest BCUT2D eigenvalue weighted by Crippen LogP contribution is 2.21. The van der Waals surface area contributed by atoms with E-state index in [0.717, 1.165) is 22.5 Å². The molecule has 0 unspecified atom stereocenters. The fourth-order valence-electron chi connectivity index (χ4n) is 3.87. The second kappa shape index (κ2) is 13.4. The Balaban J connectivity index is 1.58. The van der Waals surface area contributed by atoms with Crippen molar-refractivity contribution in [2.45, 2.75) is 0 Å². The molecule has 0 spiro atoms. The number of amides is 2. The highest BCUT2D eigenvalue weighted by molar-refractivity contribution is 6.32. The van der Waals surface area contributed by atoms with Gasteiger partial charge in [-0.05, 0) is 59.7 Å². The summed E-state index contributed by atoms with van der Waals surface area (Å²) in [6.45, 7) is 0.548. The molecule has 0 fully saturated rings. The number of anilines is 2. The molecule has 0 bridgehead atoms. The van der Waals surface area contributed by atoms with Crippen LogP contribution in [0.2, 0.25) is 10.0 Å². The van der Waals surface area contributed by atoms with E-state index in [-0.39, 0.29) is 24.9 Å². The molecule has 0 aromatic heterocycles. The lowest BCUT2D eigenvalue weighted by molar-refractivity contribution is -0.115. The van der Waals surface area contributed by atoms with E-state index in [1.54, 1.807) is 34.1 Å². The van der Waals surface area contributed by atoms with E-state index in [2.05, 4.69) is 0 Å². The van der Waals surface area contributed by atoms with Crippen LogP contribution in [0.1, 0.15) is 11.1 Å².